The van der Waals surface area contributed by atoms with Crippen molar-refractivity contribution in [2.45, 2.75) is 18.9 Å². The number of nitrogens with zero attached hydrogens (tertiary/aromatic N) is 1. The van der Waals surface area contributed by atoms with Crippen LogP contribution in [-0.2, 0) is 0 Å². The summed E-state index contributed by atoms with van der Waals surface area (Å²) in [4.78, 5) is 12.3. The number of rotatable bonds is 3. The number of benzene rings is 1. The third-order valence-corrected chi connectivity index (χ3v) is 4.59. The lowest BCUT2D eigenvalue weighted by atomic mass is 10.3. The number of anilines is 1. The van der Waals surface area contributed by atoms with Gasteiger partial charge < -0.3 is 9.88 Å². The van der Waals surface area contributed by atoms with Crippen molar-refractivity contribution in [3.05, 3.63) is 50.7 Å². The van der Waals surface area contributed by atoms with E-state index in [9.17, 15) is 4.79 Å². The van der Waals surface area contributed by atoms with Gasteiger partial charge in [0, 0.05) is 22.4 Å². The summed E-state index contributed by atoms with van der Waals surface area (Å²) in [5.41, 5.74) is 1.27. The molecule has 1 aromatic carbocycles. The lowest BCUT2D eigenvalue weighted by Crippen LogP contribution is -2.16. The van der Waals surface area contributed by atoms with Crippen LogP contribution in [0.25, 0.3) is 0 Å². The lowest BCUT2D eigenvalue weighted by Gasteiger charge is -2.09. The van der Waals surface area contributed by atoms with Crippen molar-refractivity contribution >= 4 is 50.7 Å². The van der Waals surface area contributed by atoms with E-state index in [2.05, 4.69) is 21.2 Å². The minimum atomic E-state index is -0.168. The van der Waals surface area contributed by atoms with Crippen molar-refractivity contribution in [1.82, 2.24) is 4.57 Å². The van der Waals surface area contributed by atoms with Gasteiger partial charge in [-0.05, 0) is 53.0 Å². The van der Waals surface area contributed by atoms with Gasteiger partial charge in [-0.3, -0.25) is 4.79 Å². The predicted molar refractivity (Wildman–Crippen MR) is 84.8 cm³/mol. The Morgan fingerprint density at radius 1 is 1.30 bits per heavy atom. The SMILES string of the molecule is O=C(Nc1ccc(Cl)c(Br)c1)c1cc(Cl)cn1C1CC1. The van der Waals surface area contributed by atoms with E-state index in [0.29, 0.717) is 27.5 Å². The zero-order chi connectivity index (χ0) is 14.3. The molecule has 0 atom stereocenters. The molecular formula is C14H11BrCl2N2O. The third-order valence-electron chi connectivity index (χ3n) is 3.17. The van der Waals surface area contributed by atoms with Crippen LogP contribution in [0.1, 0.15) is 29.4 Å². The fraction of sp³-hybridized carbons (Fsp3) is 0.214. The third kappa shape index (κ3) is 2.87. The van der Waals surface area contributed by atoms with Gasteiger partial charge in [0.2, 0.25) is 0 Å². The van der Waals surface area contributed by atoms with Crippen LogP contribution in [0, 0.1) is 0 Å². The van der Waals surface area contributed by atoms with Crippen molar-refractivity contribution in [3.63, 3.8) is 0 Å². The number of halogens is 3. The number of nitrogens with one attached hydrogen (secondary N) is 1. The number of carbonyl (C=O) groups excluding carboxylic acids is 1. The second-order valence-corrected chi connectivity index (χ2v) is 6.46. The molecular weight excluding hydrogens is 363 g/mol. The number of aromatic nitrogens is 1. The minimum Gasteiger partial charge on any atom is -0.339 e. The first-order valence-electron chi connectivity index (χ1n) is 6.18. The largest absolute Gasteiger partial charge is 0.339 e. The molecule has 1 saturated carbocycles. The molecule has 0 radical (unpaired) electrons. The number of hydrogen-bond donors (Lipinski definition) is 1. The maximum atomic E-state index is 12.3. The molecule has 0 saturated heterocycles. The van der Waals surface area contributed by atoms with Crippen molar-refractivity contribution in [2.24, 2.45) is 0 Å². The Balaban J connectivity index is 1.84. The molecule has 104 valence electrons. The van der Waals surface area contributed by atoms with Gasteiger partial charge in [0.15, 0.2) is 0 Å². The van der Waals surface area contributed by atoms with E-state index in [4.69, 9.17) is 23.2 Å². The highest BCUT2D eigenvalue weighted by Crippen LogP contribution is 2.37. The first-order chi connectivity index (χ1) is 9.54. The van der Waals surface area contributed by atoms with E-state index in [1.54, 1.807) is 24.3 Å². The molecule has 0 unspecified atom stereocenters. The van der Waals surface area contributed by atoms with Gasteiger partial charge in [-0.15, -0.1) is 0 Å². The maximum Gasteiger partial charge on any atom is 0.272 e. The smallest absolute Gasteiger partial charge is 0.272 e. The normalized spacial score (nSPS) is 14.3. The quantitative estimate of drug-likeness (QED) is 0.793. The number of hydrogen-bond acceptors (Lipinski definition) is 1. The van der Waals surface area contributed by atoms with Gasteiger partial charge >= 0.3 is 0 Å². The summed E-state index contributed by atoms with van der Waals surface area (Å²) in [5.74, 6) is -0.168. The van der Waals surface area contributed by atoms with Gasteiger partial charge in [-0.25, -0.2) is 0 Å². The first kappa shape index (κ1) is 14.0. The molecule has 0 spiro atoms. The van der Waals surface area contributed by atoms with Gasteiger partial charge in [0.25, 0.3) is 5.91 Å². The number of carbonyl (C=O) groups is 1. The van der Waals surface area contributed by atoms with Crippen molar-refractivity contribution in [2.75, 3.05) is 5.32 Å². The average Bonchev–Trinajstić information content (AvgIpc) is 3.17. The van der Waals surface area contributed by atoms with E-state index < -0.39 is 0 Å². The van der Waals surface area contributed by atoms with Gasteiger partial charge in [-0.1, -0.05) is 23.2 Å². The molecule has 6 heteroatoms. The van der Waals surface area contributed by atoms with Crippen molar-refractivity contribution in [3.8, 4) is 0 Å². The summed E-state index contributed by atoms with van der Waals surface area (Å²) in [6.07, 6.45) is 4.00. The topological polar surface area (TPSA) is 34.0 Å². The van der Waals surface area contributed by atoms with Crippen LogP contribution in [0.5, 0.6) is 0 Å². The van der Waals surface area contributed by atoms with Gasteiger partial charge in [0.1, 0.15) is 5.69 Å². The summed E-state index contributed by atoms with van der Waals surface area (Å²) >= 11 is 15.3. The highest BCUT2D eigenvalue weighted by Gasteiger charge is 2.27. The van der Waals surface area contributed by atoms with Crippen LogP contribution in [0.3, 0.4) is 0 Å². The Morgan fingerprint density at radius 2 is 2.05 bits per heavy atom. The average molecular weight is 374 g/mol. The van der Waals surface area contributed by atoms with Crippen molar-refractivity contribution < 1.29 is 4.79 Å². The Hall–Kier alpha value is -0.970. The summed E-state index contributed by atoms with van der Waals surface area (Å²) < 4.78 is 2.69. The monoisotopic (exact) mass is 372 g/mol. The second kappa shape index (κ2) is 5.43. The second-order valence-electron chi connectivity index (χ2n) is 4.77. The number of amides is 1. The molecule has 1 aliphatic carbocycles. The van der Waals surface area contributed by atoms with Gasteiger partial charge in [0.05, 0.1) is 10.0 Å². The summed E-state index contributed by atoms with van der Waals surface area (Å²) in [5, 5.41) is 4.04. The molecule has 1 fully saturated rings. The molecule has 2 aromatic rings. The van der Waals surface area contributed by atoms with Crippen LogP contribution < -0.4 is 5.32 Å². The predicted octanol–water partition coefficient (Wildman–Crippen LogP) is 5.14. The Bertz CT molecular complexity index is 680. The minimum absolute atomic E-state index is 0.168. The molecule has 1 aliphatic rings. The molecule has 3 nitrogen and oxygen atoms in total. The van der Waals surface area contributed by atoms with Crippen LogP contribution in [0.2, 0.25) is 10.0 Å². The van der Waals surface area contributed by atoms with Crippen LogP contribution >= 0.6 is 39.1 Å². The molecule has 1 amide bonds. The molecule has 0 bridgehead atoms. The summed E-state index contributed by atoms with van der Waals surface area (Å²) in [7, 11) is 0. The van der Waals surface area contributed by atoms with Gasteiger partial charge in [-0.2, -0.15) is 0 Å². The van der Waals surface area contributed by atoms with Crippen LogP contribution in [0.15, 0.2) is 34.9 Å². The summed E-state index contributed by atoms with van der Waals surface area (Å²) in [6.45, 7) is 0. The molecule has 1 heterocycles. The Labute approximate surface area is 135 Å². The fourth-order valence-electron chi connectivity index (χ4n) is 2.05. The molecule has 0 aliphatic heterocycles. The zero-order valence-electron chi connectivity index (χ0n) is 10.4. The maximum absolute atomic E-state index is 12.3. The summed E-state index contributed by atoms with van der Waals surface area (Å²) in [6, 6.07) is 7.36. The molecule has 3 rings (SSSR count). The molecule has 1 aromatic heterocycles. The highest BCUT2D eigenvalue weighted by molar-refractivity contribution is 9.10. The fourth-order valence-corrected chi connectivity index (χ4v) is 2.76. The first-order valence-corrected chi connectivity index (χ1v) is 7.73. The van der Waals surface area contributed by atoms with Crippen LogP contribution in [-0.4, -0.2) is 10.5 Å². The Kier molecular flexibility index (Phi) is 3.80. The zero-order valence-corrected chi connectivity index (χ0v) is 13.5. The van der Waals surface area contributed by atoms with Crippen LogP contribution in [0.4, 0.5) is 5.69 Å². The van der Waals surface area contributed by atoms with E-state index in [0.717, 1.165) is 17.3 Å². The van der Waals surface area contributed by atoms with Crippen molar-refractivity contribution in [1.29, 1.82) is 0 Å². The van der Waals surface area contributed by atoms with E-state index in [1.807, 2.05) is 10.8 Å². The molecule has 1 N–H and O–H groups in total. The Morgan fingerprint density at radius 3 is 2.70 bits per heavy atom. The van der Waals surface area contributed by atoms with E-state index in [1.165, 1.54) is 0 Å². The van der Waals surface area contributed by atoms with E-state index in [-0.39, 0.29) is 5.91 Å². The molecule has 20 heavy (non-hydrogen) atoms. The van der Waals surface area contributed by atoms with E-state index >= 15 is 0 Å². The standard InChI is InChI=1S/C14H11BrCl2N2O/c15-11-6-9(1-4-12(11)17)18-14(20)13-5-8(16)7-19(13)10-2-3-10/h1,4-7,10H,2-3H2,(H,18,20). The highest BCUT2D eigenvalue weighted by atomic mass is 79.9. The lowest BCUT2D eigenvalue weighted by molar-refractivity contribution is 0.101.